The molecular formula is C17H31N3. The van der Waals surface area contributed by atoms with E-state index >= 15 is 0 Å². The predicted octanol–water partition coefficient (Wildman–Crippen LogP) is 2.53. The van der Waals surface area contributed by atoms with Crippen LogP contribution in [0, 0.1) is 6.92 Å². The Morgan fingerprint density at radius 1 is 1.10 bits per heavy atom. The van der Waals surface area contributed by atoms with Crippen LogP contribution in [0.15, 0.2) is 24.3 Å². The van der Waals surface area contributed by atoms with E-state index in [2.05, 4.69) is 74.4 Å². The average molecular weight is 277 g/mol. The van der Waals surface area contributed by atoms with Crippen LogP contribution >= 0.6 is 0 Å². The molecule has 0 aromatic heterocycles. The van der Waals surface area contributed by atoms with Crippen LogP contribution in [0.1, 0.15) is 30.5 Å². The third-order valence-electron chi connectivity index (χ3n) is 3.63. The van der Waals surface area contributed by atoms with Crippen molar-refractivity contribution in [1.82, 2.24) is 15.1 Å². The molecule has 1 rings (SSSR count). The van der Waals surface area contributed by atoms with Crippen molar-refractivity contribution in [2.24, 2.45) is 0 Å². The zero-order chi connectivity index (χ0) is 15.0. The second-order valence-corrected chi connectivity index (χ2v) is 5.93. The van der Waals surface area contributed by atoms with Gasteiger partial charge in [0.15, 0.2) is 0 Å². The zero-order valence-corrected chi connectivity index (χ0v) is 13.8. The third-order valence-corrected chi connectivity index (χ3v) is 3.63. The average Bonchev–Trinajstić information content (AvgIpc) is 2.42. The number of likely N-dealkylation sites (N-methyl/N-ethyl adjacent to an activating group) is 2. The molecule has 0 saturated heterocycles. The number of aryl methyl sites for hydroxylation is 1. The van der Waals surface area contributed by atoms with Gasteiger partial charge >= 0.3 is 0 Å². The van der Waals surface area contributed by atoms with E-state index in [-0.39, 0.29) is 0 Å². The Morgan fingerprint density at radius 2 is 1.80 bits per heavy atom. The van der Waals surface area contributed by atoms with E-state index in [1.54, 1.807) is 0 Å². The predicted molar refractivity (Wildman–Crippen MR) is 88.3 cm³/mol. The maximum Gasteiger partial charge on any atom is 0.0451 e. The topological polar surface area (TPSA) is 18.5 Å². The third kappa shape index (κ3) is 6.04. The van der Waals surface area contributed by atoms with Crippen LogP contribution in [-0.4, -0.2) is 57.1 Å². The first-order valence-corrected chi connectivity index (χ1v) is 7.66. The van der Waals surface area contributed by atoms with Gasteiger partial charge in [-0.15, -0.1) is 0 Å². The first-order chi connectivity index (χ1) is 9.54. The molecule has 1 unspecified atom stereocenters. The lowest BCUT2D eigenvalue weighted by Gasteiger charge is -2.27. The van der Waals surface area contributed by atoms with Gasteiger partial charge in [0.2, 0.25) is 0 Å². The minimum absolute atomic E-state index is 0.420. The number of nitrogens with zero attached hydrogens (tertiary/aromatic N) is 2. The maximum absolute atomic E-state index is 3.69. The van der Waals surface area contributed by atoms with Crippen molar-refractivity contribution in [3.8, 4) is 0 Å². The van der Waals surface area contributed by atoms with Crippen LogP contribution in [0.25, 0.3) is 0 Å². The quantitative estimate of drug-likeness (QED) is 0.748. The summed E-state index contributed by atoms with van der Waals surface area (Å²) < 4.78 is 0. The molecule has 0 aliphatic heterocycles. The lowest BCUT2D eigenvalue weighted by Crippen LogP contribution is -2.37. The van der Waals surface area contributed by atoms with Gasteiger partial charge in [-0.05, 0) is 52.2 Å². The molecule has 0 amide bonds. The Bertz CT molecular complexity index is 376. The van der Waals surface area contributed by atoms with Crippen LogP contribution in [0.4, 0.5) is 0 Å². The van der Waals surface area contributed by atoms with Gasteiger partial charge in [0.05, 0.1) is 0 Å². The summed E-state index contributed by atoms with van der Waals surface area (Å²) in [5.74, 6) is 0. The Labute approximate surface area is 125 Å². The van der Waals surface area contributed by atoms with Crippen molar-refractivity contribution < 1.29 is 0 Å². The normalized spacial score (nSPS) is 13.2. The molecule has 0 heterocycles. The molecule has 0 aliphatic rings. The molecule has 1 N–H and O–H groups in total. The molecule has 3 heteroatoms. The molecule has 0 bridgehead atoms. The second-order valence-electron chi connectivity index (χ2n) is 5.93. The van der Waals surface area contributed by atoms with Crippen molar-refractivity contribution in [3.05, 3.63) is 35.4 Å². The van der Waals surface area contributed by atoms with Crippen molar-refractivity contribution in [1.29, 1.82) is 0 Å². The molecular weight excluding hydrogens is 246 g/mol. The van der Waals surface area contributed by atoms with E-state index in [1.807, 2.05) is 0 Å². The lowest BCUT2D eigenvalue weighted by atomic mass is 10.0. The summed E-state index contributed by atoms with van der Waals surface area (Å²) in [6, 6.07) is 9.13. The second kappa shape index (κ2) is 9.11. The molecule has 20 heavy (non-hydrogen) atoms. The number of rotatable bonds is 9. The van der Waals surface area contributed by atoms with Gasteiger partial charge in [0.25, 0.3) is 0 Å². The molecule has 1 atom stereocenters. The Kier molecular flexibility index (Phi) is 7.82. The molecule has 0 radical (unpaired) electrons. The fraction of sp³-hybridized carbons (Fsp3) is 0.647. The van der Waals surface area contributed by atoms with Gasteiger partial charge in [0, 0.05) is 25.7 Å². The van der Waals surface area contributed by atoms with Crippen molar-refractivity contribution >= 4 is 0 Å². The summed E-state index contributed by atoms with van der Waals surface area (Å²) in [7, 11) is 6.46. The van der Waals surface area contributed by atoms with Crippen LogP contribution in [0.5, 0.6) is 0 Å². The number of hydrogen-bond donors (Lipinski definition) is 1. The van der Waals surface area contributed by atoms with Crippen LogP contribution in [0.3, 0.4) is 0 Å². The van der Waals surface area contributed by atoms with Crippen molar-refractivity contribution in [2.45, 2.75) is 26.3 Å². The first-order valence-electron chi connectivity index (χ1n) is 7.66. The number of benzene rings is 1. The zero-order valence-electron chi connectivity index (χ0n) is 13.8. The highest BCUT2D eigenvalue weighted by atomic mass is 15.2. The number of nitrogens with one attached hydrogen (secondary N) is 1. The number of hydrogen-bond acceptors (Lipinski definition) is 3. The van der Waals surface area contributed by atoms with Gasteiger partial charge in [-0.3, -0.25) is 0 Å². The van der Waals surface area contributed by atoms with Gasteiger partial charge in [-0.25, -0.2) is 0 Å². The highest BCUT2D eigenvalue weighted by Crippen LogP contribution is 2.18. The van der Waals surface area contributed by atoms with Gasteiger partial charge in [-0.2, -0.15) is 0 Å². The smallest absolute Gasteiger partial charge is 0.0451 e. The standard InChI is InChI=1S/C17H31N3/c1-6-11-18-17(14-20(5)13-12-19(3)4)16-10-8-7-9-15(16)2/h7-10,17-18H,6,11-14H2,1-5H3. The molecule has 0 saturated carbocycles. The van der Waals surface area contributed by atoms with Gasteiger partial charge in [0.1, 0.15) is 0 Å². The monoisotopic (exact) mass is 277 g/mol. The highest BCUT2D eigenvalue weighted by molar-refractivity contribution is 5.29. The summed E-state index contributed by atoms with van der Waals surface area (Å²) in [6.45, 7) is 8.75. The van der Waals surface area contributed by atoms with E-state index in [0.29, 0.717) is 6.04 Å². The maximum atomic E-state index is 3.69. The van der Waals surface area contributed by atoms with Gasteiger partial charge < -0.3 is 15.1 Å². The molecule has 3 nitrogen and oxygen atoms in total. The van der Waals surface area contributed by atoms with Gasteiger partial charge in [-0.1, -0.05) is 31.2 Å². The Balaban J connectivity index is 2.67. The Morgan fingerprint density at radius 3 is 2.40 bits per heavy atom. The highest BCUT2D eigenvalue weighted by Gasteiger charge is 2.15. The minimum Gasteiger partial charge on any atom is -0.309 e. The van der Waals surface area contributed by atoms with Crippen molar-refractivity contribution in [3.63, 3.8) is 0 Å². The Hall–Kier alpha value is -0.900. The summed E-state index contributed by atoms with van der Waals surface area (Å²) >= 11 is 0. The molecule has 114 valence electrons. The van der Waals surface area contributed by atoms with Crippen LogP contribution in [-0.2, 0) is 0 Å². The lowest BCUT2D eigenvalue weighted by molar-refractivity contribution is 0.256. The molecule has 0 fully saturated rings. The van der Waals surface area contributed by atoms with E-state index in [4.69, 9.17) is 0 Å². The van der Waals surface area contributed by atoms with E-state index in [9.17, 15) is 0 Å². The summed E-state index contributed by atoms with van der Waals surface area (Å²) in [5.41, 5.74) is 2.81. The summed E-state index contributed by atoms with van der Waals surface area (Å²) in [5, 5.41) is 3.69. The van der Waals surface area contributed by atoms with E-state index in [0.717, 1.165) is 26.2 Å². The molecule has 0 spiro atoms. The van der Waals surface area contributed by atoms with E-state index in [1.165, 1.54) is 17.5 Å². The molecule has 1 aromatic rings. The van der Waals surface area contributed by atoms with E-state index < -0.39 is 0 Å². The molecule has 0 aliphatic carbocycles. The summed E-state index contributed by atoms with van der Waals surface area (Å²) in [4.78, 5) is 4.65. The summed E-state index contributed by atoms with van der Waals surface area (Å²) in [6.07, 6.45) is 1.17. The largest absolute Gasteiger partial charge is 0.309 e. The fourth-order valence-electron chi connectivity index (χ4n) is 2.34. The SMILES string of the molecule is CCCNC(CN(C)CCN(C)C)c1ccccc1C. The fourth-order valence-corrected chi connectivity index (χ4v) is 2.34. The molecule has 1 aromatic carbocycles. The van der Waals surface area contributed by atoms with Crippen molar-refractivity contribution in [2.75, 3.05) is 47.3 Å². The van der Waals surface area contributed by atoms with Crippen LogP contribution in [0.2, 0.25) is 0 Å². The first kappa shape index (κ1) is 17.2. The van der Waals surface area contributed by atoms with Crippen LogP contribution < -0.4 is 5.32 Å². The minimum atomic E-state index is 0.420.